The van der Waals surface area contributed by atoms with E-state index < -0.39 is 6.67 Å². The summed E-state index contributed by atoms with van der Waals surface area (Å²) in [6, 6.07) is 11.6. The fourth-order valence-electron chi connectivity index (χ4n) is 3.56. The molecule has 32 heavy (non-hydrogen) atoms. The second kappa shape index (κ2) is 9.64. The molecule has 0 saturated heterocycles. The van der Waals surface area contributed by atoms with E-state index in [9.17, 15) is 4.39 Å². The number of nitrogens with zero attached hydrogens (tertiary/aromatic N) is 5. The van der Waals surface area contributed by atoms with Crippen molar-refractivity contribution in [2.75, 3.05) is 31.8 Å². The van der Waals surface area contributed by atoms with Gasteiger partial charge in [0, 0.05) is 54.9 Å². The molecule has 4 aromatic rings. The second-order valence-corrected chi connectivity index (χ2v) is 7.39. The third-order valence-electron chi connectivity index (χ3n) is 5.04. The zero-order chi connectivity index (χ0) is 22.5. The number of benzene rings is 2. The molecule has 0 N–H and O–H groups in total. The molecule has 2 heterocycles. The van der Waals surface area contributed by atoms with E-state index in [4.69, 9.17) is 14.5 Å². The number of hydrogen-bond donors (Lipinski definition) is 0. The van der Waals surface area contributed by atoms with Crippen molar-refractivity contribution < 1.29 is 13.9 Å². The number of alkyl halides is 1. The molecule has 8 heteroatoms. The van der Waals surface area contributed by atoms with E-state index in [1.54, 1.807) is 30.3 Å². The molecule has 0 atom stereocenters. The van der Waals surface area contributed by atoms with Gasteiger partial charge in [0.1, 0.15) is 24.8 Å². The average Bonchev–Trinajstić information content (AvgIpc) is 3.26. The van der Waals surface area contributed by atoms with Crippen LogP contribution in [0.2, 0.25) is 0 Å². The van der Waals surface area contributed by atoms with Gasteiger partial charge in [0.15, 0.2) is 0 Å². The largest absolute Gasteiger partial charge is 0.497 e. The van der Waals surface area contributed by atoms with Crippen LogP contribution in [0, 0.1) is 0 Å². The predicted octanol–water partition coefficient (Wildman–Crippen LogP) is 4.94. The van der Waals surface area contributed by atoms with Crippen molar-refractivity contribution in [3.8, 4) is 22.8 Å². The first kappa shape index (κ1) is 21.5. The average molecular weight is 436 g/mol. The van der Waals surface area contributed by atoms with Gasteiger partial charge in [0.2, 0.25) is 0 Å². The Bertz CT molecular complexity index is 1210. The maximum absolute atomic E-state index is 12.6. The topological polar surface area (TPSA) is 65.3 Å². The monoisotopic (exact) mass is 435 g/mol. The number of aryl methyl sites for hydroxylation is 1. The third kappa shape index (κ3) is 4.64. The molecule has 2 aromatic heterocycles. The molecule has 0 aliphatic rings. The van der Waals surface area contributed by atoms with Crippen molar-refractivity contribution in [2.45, 2.75) is 13.3 Å². The predicted molar refractivity (Wildman–Crippen MR) is 124 cm³/mol. The number of methoxy groups -OCH3 is 1. The Labute approximate surface area is 186 Å². The van der Waals surface area contributed by atoms with Gasteiger partial charge in [0.05, 0.1) is 36.2 Å². The smallest absolute Gasteiger partial charge is 0.125 e. The second-order valence-electron chi connectivity index (χ2n) is 7.39. The molecule has 2 aromatic carbocycles. The molecule has 0 fully saturated rings. The van der Waals surface area contributed by atoms with Crippen LogP contribution in [0.3, 0.4) is 0 Å². The highest BCUT2D eigenvalue weighted by Gasteiger charge is 2.14. The van der Waals surface area contributed by atoms with Crippen LogP contribution in [0.15, 0.2) is 55.0 Å². The lowest BCUT2D eigenvalue weighted by molar-refractivity contribution is 0.272. The summed E-state index contributed by atoms with van der Waals surface area (Å²) < 4.78 is 25.3. The summed E-state index contributed by atoms with van der Waals surface area (Å²) in [4.78, 5) is 11.6. The van der Waals surface area contributed by atoms with E-state index in [0.29, 0.717) is 11.5 Å². The minimum absolute atomic E-state index is 0.00304. The number of rotatable bonds is 9. The first-order chi connectivity index (χ1) is 15.6. The van der Waals surface area contributed by atoms with Gasteiger partial charge in [-0.15, -0.1) is 0 Å². The van der Waals surface area contributed by atoms with Gasteiger partial charge in [-0.3, -0.25) is 9.67 Å². The fraction of sp³-hybridized carbons (Fsp3) is 0.292. The van der Waals surface area contributed by atoms with E-state index in [0.717, 1.165) is 46.6 Å². The molecule has 0 spiro atoms. The molecular weight excluding hydrogens is 409 g/mol. The number of halogens is 1. The van der Waals surface area contributed by atoms with Crippen LogP contribution in [0.5, 0.6) is 11.5 Å². The fourth-order valence-corrected chi connectivity index (χ4v) is 3.56. The molecular formula is C24H26FN5O2. The zero-order valence-electron chi connectivity index (χ0n) is 18.5. The number of ether oxygens (including phenoxy) is 2. The highest BCUT2D eigenvalue weighted by atomic mass is 19.1. The lowest BCUT2D eigenvalue weighted by Crippen LogP contribution is -2.18. The van der Waals surface area contributed by atoms with Gasteiger partial charge < -0.3 is 14.4 Å². The van der Waals surface area contributed by atoms with Gasteiger partial charge in [-0.2, -0.15) is 5.10 Å². The first-order valence-corrected chi connectivity index (χ1v) is 10.5. The number of fused-ring (bicyclic) bond motifs is 1. The third-order valence-corrected chi connectivity index (χ3v) is 5.04. The lowest BCUT2D eigenvalue weighted by Gasteiger charge is -2.26. The normalized spacial score (nSPS) is 11.0. The summed E-state index contributed by atoms with van der Waals surface area (Å²) in [7, 11) is 3.48. The number of hydrogen-bond acceptors (Lipinski definition) is 6. The number of anilines is 2. The van der Waals surface area contributed by atoms with Crippen LogP contribution < -0.4 is 14.4 Å². The Hall–Kier alpha value is -3.68. The van der Waals surface area contributed by atoms with Crippen LogP contribution in [-0.4, -0.2) is 46.7 Å². The van der Waals surface area contributed by atoms with Crippen molar-refractivity contribution in [3.63, 3.8) is 0 Å². The SMILES string of the molecule is CCCN(c1cc(OC)cc(OCCF)c1)c1ccc2ncc(-c3cnn(C)c3)nc2c1. The molecule has 0 unspecified atom stereocenters. The molecule has 0 aliphatic heterocycles. The number of aromatic nitrogens is 4. The summed E-state index contributed by atoms with van der Waals surface area (Å²) in [6.45, 7) is 2.35. The highest BCUT2D eigenvalue weighted by molar-refractivity contribution is 5.82. The molecule has 7 nitrogen and oxygen atoms in total. The van der Waals surface area contributed by atoms with Crippen molar-refractivity contribution >= 4 is 22.4 Å². The molecule has 4 rings (SSSR count). The van der Waals surface area contributed by atoms with Crippen molar-refractivity contribution in [1.29, 1.82) is 0 Å². The van der Waals surface area contributed by atoms with Crippen LogP contribution >= 0.6 is 0 Å². The standard InChI is InChI=1S/C24H26FN5O2/c1-4-8-30(19-10-20(31-3)13-21(11-19)32-9-7-25)18-5-6-22-23(12-18)28-24(15-26-22)17-14-27-29(2)16-17/h5-6,10-16H,4,7-9H2,1-3H3. The van der Waals surface area contributed by atoms with Crippen molar-refractivity contribution in [1.82, 2.24) is 19.7 Å². The Kier molecular flexibility index (Phi) is 6.49. The molecule has 0 radical (unpaired) electrons. The lowest BCUT2D eigenvalue weighted by atomic mass is 10.2. The highest BCUT2D eigenvalue weighted by Crippen LogP contribution is 2.34. The van der Waals surface area contributed by atoms with Crippen LogP contribution in [0.4, 0.5) is 15.8 Å². The molecule has 0 amide bonds. The first-order valence-electron chi connectivity index (χ1n) is 10.5. The van der Waals surface area contributed by atoms with Crippen LogP contribution in [-0.2, 0) is 7.05 Å². The van der Waals surface area contributed by atoms with E-state index in [1.807, 2.05) is 43.6 Å². The molecule has 0 saturated carbocycles. The Morgan fingerprint density at radius 1 is 1.03 bits per heavy atom. The van der Waals surface area contributed by atoms with Crippen LogP contribution in [0.1, 0.15) is 13.3 Å². The van der Waals surface area contributed by atoms with Crippen molar-refractivity contribution in [3.05, 3.63) is 55.0 Å². The van der Waals surface area contributed by atoms with Crippen LogP contribution in [0.25, 0.3) is 22.3 Å². The minimum Gasteiger partial charge on any atom is -0.497 e. The van der Waals surface area contributed by atoms with Gasteiger partial charge in [-0.05, 0) is 24.6 Å². The Morgan fingerprint density at radius 2 is 1.88 bits per heavy atom. The van der Waals surface area contributed by atoms with E-state index in [-0.39, 0.29) is 6.61 Å². The summed E-state index contributed by atoms with van der Waals surface area (Å²) >= 11 is 0. The van der Waals surface area contributed by atoms with Gasteiger partial charge >= 0.3 is 0 Å². The van der Waals surface area contributed by atoms with Gasteiger partial charge in [-0.1, -0.05) is 6.92 Å². The summed E-state index contributed by atoms with van der Waals surface area (Å²) in [5.74, 6) is 1.22. The van der Waals surface area contributed by atoms with Gasteiger partial charge in [-0.25, -0.2) is 9.37 Å². The summed E-state index contributed by atoms with van der Waals surface area (Å²) in [6.07, 6.45) is 6.38. The minimum atomic E-state index is -0.548. The Balaban J connectivity index is 1.75. The van der Waals surface area contributed by atoms with Gasteiger partial charge in [0.25, 0.3) is 0 Å². The Morgan fingerprint density at radius 3 is 2.59 bits per heavy atom. The maximum atomic E-state index is 12.6. The van der Waals surface area contributed by atoms with Crippen molar-refractivity contribution in [2.24, 2.45) is 7.05 Å². The molecule has 166 valence electrons. The summed E-state index contributed by atoms with van der Waals surface area (Å²) in [5, 5.41) is 4.22. The van der Waals surface area contributed by atoms with E-state index in [2.05, 4.69) is 21.9 Å². The molecule has 0 bridgehead atoms. The summed E-state index contributed by atoms with van der Waals surface area (Å²) in [5.41, 5.74) is 5.17. The zero-order valence-corrected chi connectivity index (χ0v) is 18.5. The maximum Gasteiger partial charge on any atom is 0.125 e. The quantitative estimate of drug-likeness (QED) is 0.371. The van der Waals surface area contributed by atoms with E-state index >= 15 is 0 Å². The molecule has 0 aliphatic carbocycles. The van der Waals surface area contributed by atoms with E-state index in [1.165, 1.54) is 0 Å².